The molecular formula is C12H13BrClN3O3S. The fourth-order valence-corrected chi connectivity index (χ4v) is 3.21. The third-order valence-corrected chi connectivity index (χ3v) is 4.66. The highest BCUT2D eigenvalue weighted by molar-refractivity contribution is 9.10. The van der Waals surface area contributed by atoms with Gasteiger partial charge in [0.15, 0.2) is 5.82 Å². The van der Waals surface area contributed by atoms with Crippen LogP contribution in [-0.4, -0.2) is 36.9 Å². The number of benzene rings is 1. The van der Waals surface area contributed by atoms with Crippen molar-refractivity contribution in [3.05, 3.63) is 28.2 Å². The highest BCUT2D eigenvalue weighted by atomic mass is 79.9. The molecule has 21 heavy (non-hydrogen) atoms. The van der Waals surface area contributed by atoms with Crippen molar-refractivity contribution in [2.75, 3.05) is 13.7 Å². The van der Waals surface area contributed by atoms with Gasteiger partial charge < -0.3 is 4.74 Å². The van der Waals surface area contributed by atoms with Crippen LogP contribution in [0.15, 0.2) is 27.8 Å². The predicted octanol–water partition coefficient (Wildman–Crippen LogP) is 2.59. The smallest absolute Gasteiger partial charge is 0.296 e. The molecule has 0 bridgehead atoms. The van der Waals surface area contributed by atoms with Crippen molar-refractivity contribution in [3.8, 4) is 11.4 Å². The minimum Gasteiger partial charge on any atom is -0.383 e. The molecular weight excluding hydrogens is 382 g/mol. The first-order valence-electron chi connectivity index (χ1n) is 5.98. The maximum Gasteiger partial charge on any atom is 0.296 e. The van der Waals surface area contributed by atoms with Gasteiger partial charge >= 0.3 is 0 Å². The number of ether oxygens (including phenoxy) is 1. The second kappa shape index (κ2) is 6.43. The lowest BCUT2D eigenvalue weighted by molar-refractivity contribution is 0.185. The average molecular weight is 395 g/mol. The molecule has 0 atom stereocenters. The van der Waals surface area contributed by atoms with Gasteiger partial charge in [0.05, 0.1) is 13.2 Å². The van der Waals surface area contributed by atoms with E-state index in [0.717, 1.165) is 15.6 Å². The lowest BCUT2D eigenvalue weighted by Gasteiger charge is -2.10. The van der Waals surface area contributed by atoms with Crippen molar-refractivity contribution < 1.29 is 13.2 Å². The van der Waals surface area contributed by atoms with Gasteiger partial charge in [0.2, 0.25) is 0 Å². The van der Waals surface area contributed by atoms with Crippen molar-refractivity contribution >= 4 is 35.7 Å². The van der Waals surface area contributed by atoms with E-state index in [4.69, 9.17) is 15.4 Å². The Bertz CT molecular complexity index is 761. The van der Waals surface area contributed by atoms with E-state index in [1.807, 2.05) is 25.1 Å². The van der Waals surface area contributed by atoms with Crippen molar-refractivity contribution in [2.45, 2.75) is 18.6 Å². The van der Waals surface area contributed by atoms with Gasteiger partial charge in [-0.25, -0.2) is 8.42 Å². The fraction of sp³-hybridized carbons (Fsp3) is 0.333. The summed E-state index contributed by atoms with van der Waals surface area (Å²) in [5.41, 5.74) is 1.76. The SMILES string of the molecule is COCCn1c(-c2cc(C)ccc2Br)nnc1S(=O)(=O)Cl. The average Bonchev–Trinajstić information content (AvgIpc) is 2.82. The van der Waals surface area contributed by atoms with Crippen molar-refractivity contribution in [1.82, 2.24) is 14.8 Å². The lowest BCUT2D eigenvalue weighted by atomic mass is 10.1. The molecule has 0 fully saturated rings. The van der Waals surface area contributed by atoms with E-state index in [9.17, 15) is 8.42 Å². The molecule has 0 saturated heterocycles. The molecule has 2 aromatic rings. The van der Waals surface area contributed by atoms with E-state index in [0.29, 0.717) is 12.4 Å². The molecule has 1 heterocycles. The zero-order valence-corrected chi connectivity index (χ0v) is 14.5. The van der Waals surface area contributed by atoms with Gasteiger partial charge in [-0.05, 0) is 19.1 Å². The molecule has 2 rings (SSSR count). The second-order valence-corrected chi connectivity index (χ2v) is 7.69. The Kier molecular flexibility index (Phi) is 5.03. The van der Waals surface area contributed by atoms with Gasteiger partial charge in [0.25, 0.3) is 14.2 Å². The minimum atomic E-state index is -3.98. The first-order chi connectivity index (χ1) is 9.84. The van der Waals surface area contributed by atoms with E-state index >= 15 is 0 Å². The molecule has 9 heteroatoms. The highest BCUT2D eigenvalue weighted by Crippen LogP contribution is 2.29. The Labute approximate surface area is 135 Å². The Hall–Kier alpha value is -0.960. The zero-order valence-electron chi connectivity index (χ0n) is 11.4. The summed E-state index contributed by atoms with van der Waals surface area (Å²) < 4.78 is 30.4. The standard InChI is InChI=1S/C12H13BrClN3O3S/c1-8-3-4-10(13)9(7-8)11-15-16-12(21(14,18)19)17(11)5-6-20-2/h3-4,7H,5-6H2,1-2H3. The number of hydrogen-bond acceptors (Lipinski definition) is 5. The molecule has 0 aliphatic carbocycles. The topological polar surface area (TPSA) is 74.1 Å². The van der Waals surface area contributed by atoms with Gasteiger partial charge in [-0.2, -0.15) is 0 Å². The minimum absolute atomic E-state index is 0.278. The summed E-state index contributed by atoms with van der Waals surface area (Å²) in [6.45, 7) is 2.53. The van der Waals surface area contributed by atoms with E-state index in [-0.39, 0.29) is 11.7 Å². The molecule has 0 saturated carbocycles. The largest absolute Gasteiger partial charge is 0.383 e. The molecule has 0 N–H and O–H groups in total. The number of methoxy groups -OCH3 is 1. The quantitative estimate of drug-likeness (QED) is 0.729. The van der Waals surface area contributed by atoms with Crippen LogP contribution in [0.25, 0.3) is 11.4 Å². The molecule has 0 radical (unpaired) electrons. The van der Waals surface area contributed by atoms with E-state index in [1.165, 1.54) is 11.7 Å². The van der Waals surface area contributed by atoms with Crippen molar-refractivity contribution in [3.63, 3.8) is 0 Å². The Balaban J connectivity index is 2.63. The number of aromatic nitrogens is 3. The third-order valence-electron chi connectivity index (χ3n) is 2.82. The Morgan fingerprint density at radius 3 is 2.71 bits per heavy atom. The highest BCUT2D eigenvalue weighted by Gasteiger charge is 2.24. The number of aryl methyl sites for hydroxylation is 1. The molecule has 1 aromatic carbocycles. The number of hydrogen-bond donors (Lipinski definition) is 0. The van der Waals surface area contributed by atoms with Crippen molar-refractivity contribution in [2.24, 2.45) is 0 Å². The number of halogens is 2. The second-order valence-electron chi connectivity index (χ2n) is 4.37. The summed E-state index contributed by atoms with van der Waals surface area (Å²) in [5, 5.41) is 7.39. The van der Waals surface area contributed by atoms with Crippen LogP contribution in [0, 0.1) is 6.92 Å². The maximum atomic E-state index is 11.6. The Morgan fingerprint density at radius 2 is 2.10 bits per heavy atom. The summed E-state index contributed by atoms with van der Waals surface area (Å²) in [6.07, 6.45) is 0. The molecule has 0 unspecified atom stereocenters. The molecule has 6 nitrogen and oxygen atoms in total. The van der Waals surface area contributed by atoms with E-state index in [2.05, 4.69) is 26.1 Å². The summed E-state index contributed by atoms with van der Waals surface area (Å²) in [7, 11) is 2.96. The summed E-state index contributed by atoms with van der Waals surface area (Å²) in [5.74, 6) is 0.418. The maximum absolute atomic E-state index is 11.6. The Morgan fingerprint density at radius 1 is 1.38 bits per heavy atom. The van der Waals surface area contributed by atoms with Gasteiger partial charge in [-0.3, -0.25) is 4.57 Å². The molecule has 0 spiro atoms. The van der Waals surface area contributed by atoms with Gasteiger partial charge in [-0.15, -0.1) is 10.2 Å². The van der Waals surface area contributed by atoms with E-state index < -0.39 is 9.05 Å². The molecule has 114 valence electrons. The predicted molar refractivity (Wildman–Crippen MR) is 82.8 cm³/mol. The van der Waals surface area contributed by atoms with Gasteiger partial charge in [0.1, 0.15) is 0 Å². The summed E-state index contributed by atoms with van der Waals surface area (Å²) in [6, 6.07) is 5.69. The number of nitrogens with zero attached hydrogens (tertiary/aromatic N) is 3. The number of rotatable bonds is 5. The molecule has 0 aliphatic rings. The monoisotopic (exact) mass is 393 g/mol. The van der Waals surface area contributed by atoms with Crippen LogP contribution in [0.4, 0.5) is 0 Å². The summed E-state index contributed by atoms with van der Waals surface area (Å²) in [4.78, 5) is 0. The molecule has 1 aromatic heterocycles. The van der Waals surface area contributed by atoms with Crippen LogP contribution >= 0.6 is 26.6 Å². The fourth-order valence-electron chi connectivity index (χ4n) is 1.86. The van der Waals surface area contributed by atoms with Crippen LogP contribution in [0.1, 0.15) is 5.56 Å². The molecule has 0 amide bonds. The third kappa shape index (κ3) is 3.63. The summed E-state index contributed by atoms with van der Waals surface area (Å²) >= 11 is 3.43. The molecule has 0 aliphatic heterocycles. The zero-order chi connectivity index (χ0) is 15.6. The van der Waals surface area contributed by atoms with Crippen LogP contribution in [-0.2, 0) is 20.3 Å². The van der Waals surface area contributed by atoms with Gasteiger partial charge in [-0.1, -0.05) is 27.6 Å². The van der Waals surface area contributed by atoms with Gasteiger partial charge in [0, 0.05) is 27.8 Å². The normalized spacial score (nSPS) is 11.8. The van der Waals surface area contributed by atoms with Crippen LogP contribution in [0.3, 0.4) is 0 Å². The lowest BCUT2D eigenvalue weighted by Crippen LogP contribution is -2.11. The first-order valence-corrected chi connectivity index (χ1v) is 9.08. The first kappa shape index (κ1) is 16.4. The van der Waals surface area contributed by atoms with Crippen molar-refractivity contribution in [1.29, 1.82) is 0 Å². The van der Waals surface area contributed by atoms with Crippen LogP contribution in [0.5, 0.6) is 0 Å². The van der Waals surface area contributed by atoms with E-state index in [1.54, 1.807) is 0 Å². The van der Waals surface area contributed by atoms with Crippen LogP contribution < -0.4 is 0 Å². The van der Waals surface area contributed by atoms with Crippen LogP contribution in [0.2, 0.25) is 0 Å².